The number of anilines is 1. The van der Waals surface area contributed by atoms with Crippen LogP contribution in [0.15, 0.2) is 70.9 Å². The first-order valence-electron chi connectivity index (χ1n) is 12.8. The van der Waals surface area contributed by atoms with Crippen molar-refractivity contribution < 1.29 is 19.4 Å². The van der Waals surface area contributed by atoms with Gasteiger partial charge in [0.05, 0.1) is 22.3 Å². The van der Waals surface area contributed by atoms with Gasteiger partial charge in [-0.15, -0.1) is 0 Å². The van der Waals surface area contributed by atoms with E-state index in [1.807, 2.05) is 67.3 Å². The highest BCUT2D eigenvalue weighted by atomic mass is 35.5. The van der Waals surface area contributed by atoms with Crippen molar-refractivity contribution >= 4 is 46.8 Å². The molecule has 0 fully saturated rings. The molecular formula is C30H33Cl2N3O4. The fraction of sp³-hybridized carbons (Fsp3) is 0.367. The average molecular weight is 571 g/mol. The molecule has 2 aromatic carbocycles. The van der Waals surface area contributed by atoms with E-state index in [1.54, 1.807) is 33.9 Å². The van der Waals surface area contributed by atoms with Crippen LogP contribution in [0.1, 0.15) is 64.3 Å². The highest BCUT2D eigenvalue weighted by Gasteiger charge is 2.42. The number of halogens is 2. The number of nitrogens with zero attached hydrogens (tertiary/aromatic N) is 3. The number of fused-ring (bicyclic) bond motifs is 1. The molecule has 0 saturated heterocycles. The molecule has 0 spiro atoms. The molecule has 4 rings (SSSR count). The Kier molecular flexibility index (Phi) is 8.14. The Morgan fingerprint density at radius 3 is 2.33 bits per heavy atom. The minimum Gasteiger partial charge on any atom is -0.478 e. The Bertz CT molecular complexity index is 1370. The van der Waals surface area contributed by atoms with E-state index in [0.29, 0.717) is 39.3 Å². The van der Waals surface area contributed by atoms with Crippen LogP contribution in [-0.4, -0.2) is 40.6 Å². The number of hydrogen-bond donors (Lipinski definition) is 1. The monoisotopic (exact) mass is 569 g/mol. The zero-order valence-corrected chi connectivity index (χ0v) is 24.4. The van der Waals surface area contributed by atoms with Gasteiger partial charge in [-0.25, -0.2) is 9.59 Å². The Morgan fingerprint density at radius 2 is 1.74 bits per heavy atom. The summed E-state index contributed by atoms with van der Waals surface area (Å²) in [5.41, 5.74) is 2.63. The molecule has 0 bridgehead atoms. The van der Waals surface area contributed by atoms with Crippen molar-refractivity contribution in [2.45, 2.75) is 58.7 Å². The highest BCUT2D eigenvalue weighted by molar-refractivity contribution is 6.33. The lowest BCUT2D eigenvalue weighted by Gasteiger charge is -2.35. The van der Waals surface area contributed by atoms with Crippen molar-refractivity contribution in [3.8, 4) is 0 Å². The number of rotatable bonds is 5. The molecule has 0 unspecified atom stereocenters. The fourth-order valence-corrected chi connectivity index (χ4v) is 5.33. The zero-order chi connectivity index (χ0) is 28.6. The molecule has 0 aliphatic carbocycles. The second kappa shape index (κ2) is 11.1. The summed E-state index contributed by atoms with van der Waals surface area (Å²) in [7, 11) is 1.62. The number of amides is 1. The van der Waals surface area contributed by atoms with E-state index in [-0.39, 0.29) is 12.0 Å². The normalized spacial score (nSPS) is 19.1. The number of hydrogen-bond acceptors (Lipinski definition) is 5. The van der Waals surface area contributed by atoms with Gasteiger partial charge < -0.3 is 14.7 Å². The van der Waals surface area contributed by atoms with Gasteiger partial charge in [-0.2, -0.15) is 0 Å². The molecule has 1 amide bonds. The summed E-state index contributed by atoms with van der Waals surface area (Å²) in [4.78, 5) is 33.7. The molecule has 2 atom stereocenters. The number of carbonyl (C=O) groups is 2. The van der Waals surface area contributed by atoms with Crippen LogP contribution in [0, 0.1) is 5.92 Å². The predicted octanol–water partition coefficient (Wildman–Crippen LogP) is 7.82. The minimum absolute atomic E-state index is 0.0752. The van der Waals surface area contributed by atoms with Crippen LogP contribution >= 0.6 is 23.2 Å². The molecular weight excluding hydrogens is 537 g/mol. The largest absolute Gasteiger partial charge is 0.478 e. The van der Waals surface area contributed by atoms with E-state index in [1.165, 1.54) is 4.90 Å². The van der Waals surface area contributed by atoms with Gasteiger partial charge in [0.1, 0.15) is 17.5 Å². The van der Waals surface area contributed by atoms with E-state index in [4.69, 9.17) is 32.9 Å². The predicted molar refractivity (Wildman–Crippen MR) is 156 cm³/mol. The Hall–Kier alpha value is -3.29. The Labute approximate surface area is 239 Å². The Balaban J connectivity index is 1.87. The summed E-state index contributed by atoms with van der Waals surface area (Å²) >= 11 is 12.8. The van der Waals surface area contributed by atoms with Crippen molar-refractivity contribution in [3.63, 3.8) is 0 Å². The molecule has 2 aliphatic rings. The number of carbonyl (C=O) groups excluding carboxylic acids is 1. The lowest BCUT2D eigenvalue weighted by atomic mass is 9.91. The van der Waals surface area contributed by atoms with Gasteiger partial charge in [-0.3, -0.25) is 9.89 Å². The van der Waals surface area contributed by atoms with Gasteiger partial charge in [-0.05, 0) is 74.6 Å². The van der Waals surface area contributed by atoms with Gasteiger partial charge in [0.2, 0.25) is 0 Å². The summed E-state index contributed by atoms with van der Waals surface area (Å²) < 4.78 is 5.55. The van der Waals surface area contributed by atoms with Crippen molar-refractivity contribution in [2.24, 2.45) is 10.9 Å². The molecule has 2 aromatic rings. The average Bonchev–Trinajstić information content (AvgIpc) is 3.09. The first-order valence-corrected chi connectivity index (χ1v) is 13.6. The second-order valence-electron chi connectivity index (χ2n) is 11.0. The van der Waals surface area contributed by atoms with E-state index in [9.17, 15) is 14.7 Å². The molecule has 2 heterocycles. The highest BCUT2D eigenvalue weighted by Crippen LogP contribution is 2.48. The molecule has 0 saturated carbocycles. The van der Waals surface area contributed by atoms with Crippen molar-refractivity contribution in [2.75, 3.05) is 11.9 Å². The molecule has 206 valence electrons. The quantitative estimate of drug-likeness (QED) is 0.397. The number of aliphatic imine (C=N–C) groups is 1. The van der Waals surface area contributed by atoms with E-state index in [2.05, 4.69) is 0 Å². The molecule has 9 heteroatoms. The van der Waals surface area contributed by atoms with Gasteiger partial charge >= 0.3 is 12.1 Å². The zero-order valence-electron chi connectivity index (χ0n) is 22.9. The smallest absolute Gasteiger partial charge is 0.414 e. The third-order valence-electron chi connectivity index (χ3n) is 6.61. The van der Waals surface area contributed by atoms with E-state index >= 15 is 0 Å². The maximum Gasteiger partial charge on any atom is 0.414 e. The van der Waals surface area contributed by atoms with E-state index in [0.717, 1.165) is 11.1 Å². The number of allylic oxidation sites excluding steroid dienone is 2. The lowest BCUT2D eigenvalue weighted by molar-refractivity contribution is -0.132. The molecule has 7 nitrogen and oxygen atoms in total. The first kappa shape index (κ1) is 28.7. The molecule has 1 N–H and O–H groups in total. The SMILES string of the molecule is CC(C)C1=C(C(=O)O)CC=CC2=N[C@@H](c3ccc(Cl)c(N(C)C(=O)OC(C)(C)C)c3)[C@@H](c3ccc(Cl)cc3)N21. The number of carboxylic acids is 1. The number of amidine groups is 1. The molecule has 0 radical (unpaired) electrons. The number of ether oxygens (including phenoxy) is 1. The third-order valence-corrected chi connectivity index (χ3v) is 7.18. The van der Waals surface area contributed by atoms with Crippen LogP contribution in [0.2, 0.25) is 10.0 Å². The van der Waals surface area contributed by atoms with Gasteiger partial charge in [0.25, 0.3) is 0 Å². The maximum absolute atomic E-state index is 12.8. The minimum atomic E-state index is -0.948. The summed E-state index contributed by atoms with van der Waals surface area (Å²) in [6, 6.07) is 12.2. The van der Waals surface area contributed by atoms with E-state index < -0.39 is 23.7 Å². The van der Waals surface area contributed by atoms with Crippen LogP contribution in [0.3, 0.4) is 0 Å². The van der Waals surface area contributed by atoms with Gasteiger partial charge in [0, 0.05) is 17.8 Å². The van der Waals surface area contributed by atoms with Crippen LogP contribution in [0.5, 0.6) is 0 Å². The molecule has 39 heavy (non-hydrogen) atoms. The van der Waals surface area contributed by atoms with Gasteiger partial charge in [-0.1, -0.05) is 61.3 Å². The number of benzene rings is 2. The topological polar surface area (TPSA) is 82.4 Å². The standard InChI is InChI=1S/C30H33Cl2N3O4/c1-17(2)26-21(28(36)37)8-7-9-24-33-25(27(35(24)26)18-10-13-20(31)14-11-18)19-12-15-22(32)23(16-19)34(6)29(38)39-30(3,4)5/h7,9-17,25,27H,8H2,1-6H3,(H,36,37)/t25-,27+/m0/s1. The summed E-state index contributed by atoms with van der Waals surface area (Å²) in [6.07, 6.45) is 3.50. The van der Waals surface area contributed by atoms with Crippen LogP contribution in [-0.2, 0) is 9.53 Å². The van der Waals surface area contributed by atoms with Crippen LogP contribution in [0.25, 0.3) is 0 Å². The van der Waals surface area contributed by atoms with Crippen molar-refractivity contribution in [1.29, 1.82) is 0 Å². The maximum atomic E-state index is 12.8. The third kappa shape index (κ3) is 5.99. The van der Waals surface area contributed by atoms with Crippen molar-refractivity contribution in [3.05, 3.63) is 87.1 Å². The van der Waals surface area contributed by atoms with Crippen LogP contribution in [0.4, 0.5) is 10.5 Å². The first-order chi connectivity index (χ1) is 18.3. The van der Waals surface area contributed by atoms with Crippen molar-refractivity contribution in [1.82, 2.24) is 4.90 Å². The van der Waals surface area contributed by atoms with Gasteiger partial charge in [0.15, 0.2) is 0 Å². The Morgan fingerprint density at radius 1 is 1.10 bits per heavy atom. The molecule has 2 aliphatic heterocycles. The van der Waals surface area contributed by atoms with Crippen LogP contribution < -0.4 is 4.90 Å². The summed E-state index contributed by atoms with van der Waals surface area (Å²) in [6.45, 7) is 9.39. The summed E-state index contributed by atoms with van der Waals surface area (Å²) in [5.74, 6) is -0.346. The second-order valence-corrected chi connectivity index (χ2v) is 11.8. The number of aliphatic carboxylic acids is 1. The lowest BCUT2D eigenvalue weighted by Crippen LogP contribution is -2.34. The molecule has 0 aromatic heterocycles. The number of carboxylic acid groups (broad SMARTS) is 1. The fourth-order valence-electron chi connectivity index (χ4n) is 4.96. The summed E-state index contributed by atoms with van der Waals surface area (Å²) in [5, 5.41) is 11.1.